The molecule has 1 aromatic carbocycles. The third-order valence-corrected chi connectivity index (χ3v) is 2.39. The van der Waals surface area contributed by atoms with Crippen LogP contribution < -0.4 is 0 Å². The molecule has 0 amide bonds. The number of rotatable bonds is 2. The molecule has 0 aliphatic rings. The molecule has 0 bridgehead atoms. The minimum Gasteiger partial charge on any atom is -0.298 e. The van der Waals surface area contributed by atoms with Crippen molar-refractivity contribution in [2.45, 2.75) is 0 Å². The molecule has 80 valence electrons. The Balaban J connectivity index is 2.59. The molecule has 0 radical (unpaired) electrons. The van der Waals surface area contributed by atoms with Gasteiger partial charge in [0.1, 0.15) is 5.82 Å². The van der Waals surface area contributed by atoms with Crippen LogP contribution in [0.4, 0.5) is 4.39 Å². The summed E-state index contributed by atoms with van der Waals surface area (Å²) in [6, 6.07) is 6.18. The number of aldehydes is 1. The molecule has 1 aromatic heterocycles. The summed E-state index contributed by atoms with van der Waals surface area (Å²) in [6.07, 6.45) is 3.30. The van der Waals surface area contributed by atoms with Gasteiger partial charge in [-0.05, 0) is 23.8 Å². The van der Waals surface area contributed by atoms with Crippen molar-refractivity contribution in [2.24, 2.45) is 0 Å². The minimum atomic E-state index is -0.440. The van der Waals surface area contributed by atoms with Crippen LogP contribution in [0.15, 0.2) is 36.7 Å². The molecule has 2 nitrogen and oxygen atoms in total. The van der Waals surface area contributed by atoms with Crippen molar-refractivity contribution >= 4 is 17.9 Å². The highest BCUT2D eigenvalue weighted by Crippen LogP contribution is 2.25. The van der Waals surface area contributed by atoms with Crippen LogP contribution >= 0.6 is 11.6 Å². The molecule has 4 heteroatoms. The average molecular weight is 236 g/mol. The third-order valence-electron chi connectivity index (χ3n) is 2.16. The topological polar surface area (TPSA) is 30.0 Å². The Morgan fingerprint density at radius 1 is 1.25 bits per heavy atom. The Bertz CT molecular complexity index is 542. The number of benzene rings is 1. The van der Waals surface area contributed by atoms with Gasteiger partial charge in [-0.3, -0.25) is 9.78 Å². The van der Waals surface area contributed by atoms with Gasteiger partial charge in [0.05, 0.1) is 6.20 Å². The second-order valence-corrected chi connectivity index (χ2v) is 3.68. The van der Waals surface area contributed by atoms with Gasteiger partial charge in [0, 0.05) is 22.3 Å². The Hall–Kier alpha value is -1.74. The Kier molecular flexibility index (Phi) is 2.97. The smallest absolute Gasteiger partial charge is 0.150 e. The summed E-state index contributed by atoms with van der Waals surface area (Å²) < 4.78 is 13.0. The van der Waals surface area contributed by atoms with Crippen LogP contribution in [0.25, 0.3) is 11.1 Å². The van der Waals surface area contributed by atoms with E-state index in [0.717, 1.165) is 6.20 Å². The number of hydrogen-bond acceptors (Lipinski definition) is 2. The van der Waals surface area contributed by atoms with Gasteiger partial charge in [-0.25, -0.2) is 4.39 Å². The first-order valence-corrected chi connectivity index (χ1v) is 4.94. The van der Waals surface area contributed by atoms with Crippen molar-refractivity contribution in [2.75, 3.05) is 0 Å². The van der Waals surface area contributed by atoms with Crippen LogP contribution in [-0.4, -0.2) is 11.3 Å². The van der Waals surface area contributed by atoms with Crippen LogP contribution in [-0.2, 0) is 0 Å². The van der Waals surface area contributed by atoms with Crippen molar-refractivity contribution < 1.29 is 9.18 Å². The van der Waals surface area contributed by atoms with E-state index < -0.39 is 5.82 Å². The third kappa shape index (κ3) is 2.09. The van der Waals surface area contributed by atoms with E-state index in [2.05, 4.69) is 4.98 Å². The number of halogens is 2. The highest BCUT2D eigenvalue weighted by molar-refractivity contribution is 6.31. The van der Waals surface area contributed by atoms with Crippen LogP contribution in [0.3, 0.4) is 0 Å². The fraction of sp³-hybridized carbons (Fsp3) is 0. The first kappa shape index (κ1) is 10.8. The van der Waals surface area contributed by atoms with E-state index in [0.29, 0.717) is 28.0 Å². The zero-order chi connectivity index (χ0) is 11.5. The lowest BCUT2D eigenvalue weighted by Gasteiger charge is -2.04. The van der Waals surface area contributed by atoms with Gasteiger partial charge in [0.2, 0.25) is 0 Å². The lowest BCUT2D eigenvalue weighted by molar-refractivity contribution is 0.112. The molecular formula is C12H7ClFNO. The Morgan fingerprint density at radius 2 is 2.06 bits per heavy atom. The van der Waals surface area contributed by atoms with Crippen molar-refractivity contribution in [3.8, 4) is 11.1 Å². The second kappa shape index (κ2) is 4.41. The van der Waals surface area contributed by atoms with Gasteiger partial charge in [0.25, 0.3) is 0 Å². The fourth-order valence-corrected chi connectivity index (χ4v) is 1.63. The first-order valence-electron chi connectivity index (χ1n) is 4.56. The summed E-state index contributed by atoms with van der Waals surface area (Å²) in [4.78, 5) is 14.6. The monoisotopic (exact) mass is 235 g/mol. The molecule has 0 aliphatic carbocycles. The van der Waals surface area contributed by atoms with Crippen LogP contribution in [0, 0.1) is 5.82 Å². The maximum Gasteiger partial charge on any atom is 0.150 e. The fourth-order valence-electron chi connectivity index (χ4n) is 1.45. The first-order chi connectivity index (χ1) is 7.70. The quantitative estimate of drug-likeness (QED) is 0.747. The van der Waals surface area contributed by atoms with Crippen molar-refractivity contribution in [3.63, 3.8) is 0 Å². The standard InChI is InChI=1S/C12H7ClFNO/c13-10-1-2-12(9(3-10)7-16)8-4-11(14)6-15-5-8/h1-7H. The molecular weight excluding hydrogens is 229 g/mol. The number of carbonyl (C=O) groups excluding carboxylic acids is 1. The van der Waals surface area contributed by atoms with Crippen LogP contribution in [0.5, 0.6) is 0 Å². The molecule has 2 aromatic rings. The van der Waals surface area contributed by atoms with Crippen molar-refractivity contribution in [1.82, 2.24) is 4.98 Å². The molecule has 0 saturated heterocycles. The van der Waals surface area contributed by atoms with E-state index in [1.807, 2.05) is 0 Å². The van der Waals surface area contributed by atoms with Crippen LogP contribution in [0.2, 0.25) is 5.02 Å². The summed E-state index contributed by atoms with van der Waals surface area (Å²) in [7, 11) is 0. The molecule has 0 N–H and O–H groups in total. The maximum absolute atomic E-state index is 13.0. The zero-order valence-electron chi connectivity index (χ0n) is 8.15. The second-order valence-electron chi connectivity index (χ2n) is 3.24. The molecule has 0 saturated carbocycles. The van der Waals surface area contributed by atoms with Gasteiger partial charge in [-0.2, -0.15) is 0 Å². The summed E-state index contributed by atoms with van der Waals surface area (Å²) in [5, 5.41) is 0.468. The van der Waals surface area contributed by atoms with Crippen LogP contribution in [0.1, 0.15) is 10.4 Å². The van der Waals surface area contributed by atoms with Gasteiger partial charge in [-0.15, -0.1) is 0 Å². The largest absolute Gasteiger partial charge is 0.298 e. The number of carbonyl (C=O) groups is 1. The number of hydrogen-bond donors (Lipinski definition) is 0. The van der Waals surface area contributed by atoms with E-state index in [-0.39, 0.29) is 0 Å². The summed E-state index contributed by atoms with van der Waals surface area (Å²) in [5.74, 6) is -0.440. The zero-order valence-corrected chi connectivity index (χ0v) is 8.91. The van der Waals surface area contributed by atoms with Gasteiger partial charge in [-0.1, -0.05) is 17.7 Å². The van der Waals surface area contributed by atoms with Crippen molar-refractivity contribution in [3.05, 3.63) is 53.1 Å². The molecule has 16 heavy (non-hydrogen) atoms. The van der Waals surface area contributed by atoms with E-state index >= 15 is 0 Å². The van der Waals surface area contributed by atoms with E-state index in [4.69, 9.17) is 11.6 Å². The SMILES string of the molecule is O=Cc1cc(Cl)ccc1-c1cncc(F)c1. The number of nitrogens with zero attached hydrogens (tertiary/aromatic N) is 1. The lowest BCUT2D eigenvalue weighted by atomic mass is 10.0. The summed E-state index contributed by atoms with van der Waals surface area (Å²) >= 11 is 5.77. The van der Waals surface area contributed by atoms with Crippen molar-refractivity contribution in [1.29, 1.82) is 0 Å². The predicted octanol–water partition coefficient (Wildman–Crippen LogP) is 3.35. The minimum absolute atomic E-state index is 0.417. The molecule has 2 rings (SSSR count). The summed E-state index contributed by atoms with van der Waals surface area (Å²) in [5.41, 5.74) is 1.59. The van der Waals surface area contributed by atoms with E-state index in [1.54, 1.807) is 12.1 Å². The molecule has 0 unspecified atom stereocenters. The Morgan fingerprint density at radius 3 is 2.75 bits per heavy atom. The Labute approximate surface area is 96.7 Å². The maximum atomic E-state index is 13.0. The normalized spacial score (nSPS) is 10.1. The molecule has 0 spiro atoms. The highest BCUT2D eigenvalue weighted by Gasteiger charge is 2.06. The molecule has 0 aliphatic heterocycles. The molecule has 0 atom stereocenters. The number of aromatic nitrogens is 1. The molecule has 1 heterocycles. The highest BCUT2D eigenvalue weighted by atomic mass is 35.5. The average Bonchev–Trinajstić information content (AvgIpc) is 2.28. The van der Waals surface area contributed by atoms with E-state index in [9.17, 15) is 9.18 Å². The van der Waals surface area contributed by atoms with Gasteiger partial charge in [0.15, 0.2) is 6.29 Å². The van der Waals surface area contributed by atoms with Gasteiger partial charge >= 0.3 is 0 Å². The summed E-state index contributed by atoms with van der Waals surface area (Å²) in [6.45, 7) is 0. The lowest BCUT2D eigenvalue weighted by Crippen LogP contribution is -1.89. The van der Waals surface area contributed by atoms with Gasteiger partial charge < -0.3 is 0 Å². The molecule has 0 fully saturated rings. The predicted molar refractivity (Wildman–Crippen MR) is 60.0 cm³/mol. The van der Waals surface area contributed by atoms with E-state index in [1.165, 1.54) is 18.3 Å². The number of pyridine rings is 1.